The minimum atomic E-state index is 0.520. The summed E-state index contributed by atoms with van der Waals surface area (Å²) in [6.07, 6.45) is 1.14. The summed E-state index contributed by atoms with van der Waals surface area (Å²) in [7, 11) is 0. The first-order valence-electron chi connectivity index (χ1n) is 7.54. The number of ether oxygens (including phenoxy) is 1. The second kappa shape index (κ2) is 7.74. The SMILES string of the molecule is CCNCc1ccc(Oc2ccc(C(C)CC)cc2)nn1. The molecule has 0 radical (unpaired) electrons. The Kier molecular flexibility index (Phi) is 5.69. The molecule has 1 N–H and O–H groups in total. The van der Waals surface area contributed by atoms with Crippen LogP contribution in [0, 0.1) is 0 Å². The third-order valence-corrected chi connectivity index (χ3v) is 3.54. The lowest BCUT2D eigenvalue weighted by Crippen LogP contribution is -2.13. The van der Waals surface area contributed by atoms with Gasteiger partial charge in [0.25, 0.3) is 0 Å². The molecule has 1 aromatic heterocycles. The highest BCUT2D eigenvalue weighted by molar-refractivity contribution is 5.31. The van der Waals surface area contributed by atoms with Crippen LogP contribution in [-0.4, -0.2) is 16.7 Å². The number of hydrogen-bond donors (Lipinski definition) is 1. The zero-order valence-electron chi connectivity index (χ0n) is 13.0. The van der Waals surface area contributed by atoms with Crippen LogP contribution in [0.4, 0.5) is 0 Å². The van der Waals surface area contributed by atoms with Gasteiger partial charge in [0.1, 0.15) is 5.75 Å². The first kappa shape index (κ1) is 15.4. The molecule has 1 heterocycles. The molecule has 1 unspecified atom stereocenters. The Labute approximate surface area is 126 Å². The lowest BCUT2D eigenvalue weighted by molar-refractivity contribution is 0.453. The van der Waals surface area contributed by atoms with E-state index in [1.807, 2.05) is 24.3 Å². The molecule has 0 aliphatic carbocycles. The average Bonchev–Trinajstić information content (AvgIpc) is 2.54. The molecular weight excluding hydrogens is 262 g/mol. The Hall–Kier alpha value is -1.94. The third kappa shape index (κ3) is 4.53. The molecule has 0 fully saturated rings. The smallest absolute Gasteiger partial charge is 0.238 e. The molecule has 0 spiro atoms. The number of benzene rings is 1. The Bertz CT molecular complexity index is 537. The van der Waals surface area contributed by atoms with Gasteiger partial charge in [0, 0.05) is 12.6 Å². The minimum Gasteiger partial charge on any atom is -0.438 e. The van der Waals surface area contributed by atoms with E-state index in [0.717, 1.165) is 31.0 Å². The molecule has 4 nitrogen and oxygen atoms in total. The van der Waals surface area contributed by atoms with Crippen molar-refractivity contribution in [2.45, 2.75) is 39.7 Å². The molecule has 0 amide bonds. The van der Waals surface area contributed by atoms with Crippen LogP contribution in [0.5, 0.6) is 11.6 Å². The van der Waals surface area contributed by atoms with Crippen LogP contribution in [0.1, 0.15) is 44.4 Å². The van der Waals surface area contributed by atoms with Crippen LogP contribution < -0.4 is 10.1 Å². The van der Waals surface area contributed by atoms with Crippen molar-refractivity contribution < 1.29 is 4.74 Å². The Morgan fingerprint density at radius 3 is 2.38 bits per heavy atom. The van der Waals surface area contributed by atoms with Crippen molar-refractivity contribution in [3.05, 3.63) is 47.7 Å². The quantitative estimate of drug-likeness (QED) is 0.838. The second-order valence-electron chi connectivity index (χ2n) is 5.12. The highest BCUT2D eigenvalue weighted by Gasteiger charge is 2.04. The summed E-state index contributed by atoms with van der Waals surface area (Å²) in [5, 5.41) is 11.4. The molecule has 0 saturated carbocycles. The molecule has 0 aliphatic heterocycles. The van der Waals surface area contributed by atoms with Crippen molar-refractivity contribution in [2.75, 3.05) is 6.54 Å². The first-order valence-corrected chi connectivity index (χ1v) is 7.54. The fourth-order valence-electron chi connectivity index (χ4n) is 1.97. The fourth-order valence-corrected chi connectivity index (χ4v) is 1.97. The van der Waals surface area contributed by atoms with Crippen molar-refractivity contribution in [3.63, 3.8) is 0 Å². The number of hydrogen-bond acceptors (Lipinski definition) is 4. The summed E-state index contributed by atoms with van der Waals surface area (Å²) >= 11 is 0. The lowest BCUT2D eigenvalue weighted by Gasteiger charge is -2.10. The normalized spacial score (nSPS) is 12.1. The summed E-state index contributed by atoms with van der Waals surface area (Å²) in [6, 6.07) is 12.0. The Balaban J connectivity index is 1.97. The molecule has 2 aromatic rings. The van der Waals surface area contributed by atoms with Gasteiger partial charge in [-0.3, -0.25) is 0 Å². The van der Waals surface area contributed by atoms with E-state index in [0.29, 0.717) is 11.8 Å². The van der Waals surface area contributed by atoms with Crippen LogP contribution in [0.2, 0.25) is 0 Å². The van der Waals surface area contributed by atoms with E-state index in [4.69, 9.17) is 4.74 Å². The van der Waals surface area contributed by atoms with Crippen molar-refractivity contribution in [3.8, 4) is 11.6 Å². The predicted molar refractivity (Wildman–Crippen MR) is 84.6 cm³/mol. The van der Waals surface area contributed by atoms with Crippen LogP contribution in [-0.2, 0) is 6.54 Å². The van der Waals surface area contributed by atoms with Gasteiger partial charge in [0.05, 0.1) is 5.69 Å². The Morgan fingerprint density at radius 1 is 1.05 bits per heavy atom. The highest BCUT2D eigenvalue weighted by atomic mass is 16.5. The number of rotatable bonds is 7. The summed E-state index contributed by atoms with van der Waals surface area (Å²) < 4.78 is 5.71. The molecular formula is C17H23N3O. The second-order valence-corrected chi connectivity index (χ2v) is 5.12. The standard InChI is InChI=1S/C17H23N3O/c1-4-13(3)14-6-9-16(10-7-14)21-17-11-8-15(19-20-17)12-18-5-2/h6-11,13,18H,4-5,12H2,1-3H3. The molecule has 21 heavy (non-hydrogen) atoms. The topological polar surface area (TPSA) is 47.0 Å². The number of nitrogens with one attached hydrogen (secondary N) is 1. The molecule has 1 atom stereocenters. The van der Waals surface area contributed by atoms with Crippen LogP contribution in [0.15, 0.2) is 36.4 Å². The predicted octanol–water partition coefficient (Wildman–Crippen LogP) is 3.89. The maximum atomic E-state index is 5.71. The van der Waals surface area contributed by atoms with Crippen molar-refractivity contribution in [1.29, 1.82) is 0 Å². The van der Waals surface area contributed by atoms with Crippen molar-refractivity contribution in [1.82, 2.24) is 15.5 Å². The van der Waals surface area contributed by atoms with Gasteiger partial charge in [-0.2, -0.15) is 5.10 Å². The van der Waals surface area contributed by atoms with E-state index in [-0.39, 0.29) is 0 Å². The monoisotopic (exact) mass is 285 g/mol. The van der Waals surface area contributed by atoms with Gasteiger partial charge in [0.2, 0.25) is 5.88 Å². The maximum Gasteiger partial charge on any atom is 0.238 e. The number of aromatic nitrogens is 2. The van der Waals surface area contributed by atoms with Gasteiger partial charge in [-0.25, -0.2) is 0 Å². The highest BCUT2D eigenvalue weighted by Crippen LogP contribution is 2.24. The van der Waals surface area contributed by atoms with Gasteiger partial charge < -0.3 is 10.1 Å². The molecule has 0 bridgehead atoms. The van der Waals surface area contributed by atoms with Crippen LogP contribution >= 0.6 is 0 Å². The largest absolute Gasteiger partial charge is 0.438 e. The van der Waals surface area contributed by atoms with Crippen molar-refractivity contribution >= 4 is 0 Å². The molecule has 2 rings (SSSR count). The molecule has 0 aliphatic rings. The van der Waals surface area contributed by atoms with Gasteiger partial charge in [-0.15, -0.1) is 5.10 Å². The Morgan fingerprint density at radius 2 is 1.81 bits per heavy atom. The zero-order valence-corrected chi connectivity index (χ0v) is 13.0. The van der Waals surface area contributed by atoms with Gasteiger partial charge in [-0.1, -0.05) is 32.9 Å². The van der Waals surface area contributed by atoms with Gasteiger partial charge in [-0.05, 0) is 42.6 Å². The van der Waals surface area contributed by atoms with Gasteiger partial charge >= 0.3 is 0 Å². The average molecular weight is 285 g/mol. The third-order valence-electron chi connectivity index (χ3n) is 3.54. The molecule has 4 heteroatoms. The van der Waals surface area contributed by atoms with E-state index < -0.39 is 0 Å². The summed E-state index contributed by atoms with van der Waals surface area (Å²) in [5.74, 6) is 1.88. The summed E-state index contributed by atoms with van der Waals surface area (Å²) in [4.78, 5) is 0. The van der Waals surface area contributed by atoms with E-state index >= 15 is 0 Å². The number of nitrogens with zero attached hydrogens (tertiary/aromatic N) is 2. The van der Waals surface area contributed by atoms with E-state index in [9.17, 15) is 0 Å². The maximum absolute atomic E-state index is 5.71. The van der Waals surface area contributed by atoms with E-state index in [2.05, 4.69) is 48.4 Å². The lowest BCUT2D eigenvalue weighted by atomic mass is 9.99. The van der Waals surface area contributed by atoms with Gasteiger partial charge in [0.15, 0.2) is 0 Å². The first-order chi connectivity index (χ1) is 10.2. The molecule has 1 aromatic carbocycles. The van der Waals surface area contributed by atoms with Crippen LogP contribution in [0.25, 0.3) is 0 Å². The zero-order chi connectivity index (χ0) is 15.1. The minimum absolute atomic E-state index is 0.520. The van der Waals surface area contributed by atoms with Crippen LogP contribution in [0.3, 0.4) is 0 Å². The summed E-state index contributed by atoms with van der Waals surface area (Å²) in [6.45, 7) is 8.13. The molecule has 0 saturated heterocycles. The van der Waals surface area contributed by atoms with Crippen molar-refractivity contribution in [2.24, 2.45) is 0 Å². The summed E-state index contributed by atoms with van der Waals surface area (Å²) in [5.41, 5.74) is 2.24. The van der Waals surface area contributed by atoms with E-state index in [1.54, 1.807) is 0 Å². The molecule has 112 valence electrons. The van der Waals surface area contributed by atoms with E-state index in [1.165, 1.54) is 5.56 Å². The fraction of sp³-hybridized carbons (Fsp3) is 0.412.